The molecule has 48 valence electrons. The van der Waals surface area contributed by atoms with E-state index in [0.717, 1.165) is 0 Å². The van der Waals surface area contributed by atoms with Gasteiger partial charge in [-0.05, 0) is 0 Å². The minimum atomic E-state index is -0.771. The van der Waals surface area contributed by atoms with E-state index in [0.29, 0.717) is 5.56 Å². The Balaban J connectivity index is 2.88. The molecule has 1 heterocycles. The summed E-state index contributed by atoms with van der Waals surface area (Å²) >= 11 is 0. The van der Waals surface area contributed by atoms with Gasteiger partial charge in [-0.15, -0.1) is 0 Å². The summed E-state index contributed by atoms with van der Waals surface area (Å²) in [5.74, 6) is 0. The summed E-state index contributed by atoms with van der Waals surface area (Å²) < 4.78 is 11.9. The smallest absolute Gasteiger partial charge is 0.308 e. The average Bonchev–Trinajstić information content (AvgIpc) is 1.90. The summed E-state index contributed by atoms with van der Waals surface area (Å²) in [5.41, 5.74) is 0.511. The third-order valence-corrected chi connectivity index (χ3v) is 0.856. The van der Waals surface area contributed by atoms with Crippen molar-refractivity contribution in [1.82, 2.24) is 9.97 Å². The molecule has 0 saturated carbocycles. The predicted molar refractivity (Wildman–Crippen MR) is 27.9 cm³/mol. The second-order valence-electron chi connectivity index (χ2n) is 1.52. The molecule has 0 radical (unpaired) electrons. The fraction of sp³-hybridized carbons (Fsp3) is 0.200. The third kappa shape index (κ3) is 1.43. The molecule has 4 heteroatoms. The van der Waals surface area contributed by atoms with Gasteiger partial charge in [-0.2, -0.15) is 4.39 Å². The van der Waals surface area contributed by atoms with Gasteiger partial charge in [0.15, 0.2) is 0 Å². The second-order valence-corrected chi connectivity index (χ2v) is 1.52. The number of aromatic nitrogens is 2. The lowest BCUT2D eigenvalue weighted by atomic mass is 10.4. The van der Waals surface area contributed by atoms with Crippen LogP contribution in [0.5, 0.6) is 0 Å². The van der Waals surface area contributed by atoms with E-state index in [1.54, 1.807) is 0 Å². The molecule has 0 amide bonds. The Hall–Kier alpha value is -1.03. The van der Waals surface area contributed by atoms with Crippen LogP contribution >= 0.6 is 0 Å². The molecule has 0 unspecified atom stereocenters. The first-order chi connectivity index (χ1) is 4.33. The fourth-order valence-corrected chi connectivity index (χ4v) is 0.421. The quantitative estimate of drug-likeness (QED) is 0.546. The molecule has 1 aromatic rings. The van der Waals surface area contributed by atoms with Crippen LogP contribution in [0, 0.1) is 6.08 Å². The van der Waals surface area contributed by atoms with E-state index in [9.17, 15) is 4.39 Å². The Morgan fingerprint density at radius 1 is 1.44 bits per heavy atom. The highest BCUT2D eigenvalue weighted by Crippen LogP contribution is 1.92. The summed E-state index contributed by atoms with van der Waals surface area (Å²) in [6, 6.07) is 0. The lowest BCUT2D eigenvalue weighted by Gasteiger charge is -1.90. The molecule has 0 fully saturated rings. The predicted octanol–water partition coefficient (Wildman–Crippen LogP) is 0.108. The monoisotopic (exact) mass is 128 g/mol. The summed E-state index contributed by atoms with van der Waals surface area (Å²) in [6.07, 6.45) is 1.71. The SMILES string of the molecule is OCc1cnc(F)nc1. The van der Waals surface area contributed by atoms with Gasteiger partial charge in [0.1, 0.15) is 0 Å². The van der Waals surface area contributed by atoms with E-state index in [1.807, 2.05) is 0 Å². The van der Waals surface area contributed by atoms with Crippen LogP contribution < -0.4 is 0 Å². The first-order valence-electron chi connectivity index (χ1n) is 2.40. The average molecular weight is 128 g/mol. The van der Waals surface area contributed by atoms with Crippen LogP contribution in [0.2, 0.25) is 0 Å². The van der Waals surface area contributed by atoms with Gasteiger partial charge in [-0.1, -0.05) is 0 Å². The zero-order valence-electron chi connectivity index (χ0n) is 4.58. The molecule has 0 spiro atoms. The lowest BCUT2D eigenvalue weighted by molar-refractivity contribution is 0.280. The van der Waals surface area contributed by atoms with Gasteiger partial charge in [0.25, 0.3) is 0 Å². The van der Waals surface area contributed by atoms with Gasteiger partial charge in [-0.3, -0.25) is 0 Å². The molecular formula is C5H5FN2O. The van der Waals surface area contributed by atoms with Crippen molar-refractivity contribution in [2.24, 2.45) is 0 Å². The van der Waals surface area contributed by atoms with Crippen molar-refractivity contribution < 1.29 is 9.50 Å². The highest BCUT2D eigenvalue weighted by Gasteiger charge is 1.91. The molecule has 1 aromatic heterocycles. The van der Waals surface area contributed by atoms with E-state index >= 15 is 0 Å². The topological polar surface area (TPSA) is 46.0 Å². The number of hydrogen-bond donors (Lipinski definition) is 1. The van der Waals surface area contributed by atoms with Gasteiger partial charge in [-0.25, -0.2) is 9.97 Å². The van der Waals surface area contributed by atoms with E-state index in [-0.39, 0.29) is 6.61 Å². The molecular weight excluding hydrogens is 123 g/mol. The molecule has 0 aliphatic heterocycles. The van der Waals surface area contributed by atoms with Crippen LogP contribution in [-0.4, -0.2) is 15.1 Å². The van der Waals surface area contributed by atoms with Crippen LogP contribution in [0.3, 0.4) is 0 Å². The van der Waals surface area contributed by atoms with Crippen molar-refractivity contribution in [3.05, 3.63) is 24.0 Å². The number of halogens is 1. The molecule has 9 heavy (non-hydrogen) atoms. The minimum absolute atomic E-state index is 0.153. The minimum Gasteiger partial charge on any atom is -0.392 e. The Bertz CT molecular complexity index is 187. The largest absolute Gasteiger partial charge is 0.392 e. The first kappa shape index (κ1) is 6.10. The number of aliphatic hydroxyl groups excluding tert-OH is 1. The fourth-order valence-electron chi connectivity index (χ4n) is 0.421. The highest BCUT2D eigenvalue weighted by molar-refractivity contribution is 4.99. The summed E-state index contributed by atoms with van der Waals surface area (Å²) in [4.78, 5) is 6.42. The molecule has 0 aromatic carbocycles. The van der Waals surface area contributed by atoms with Gasteiger partial charge in [0.05, 0.1) is 6.61 Å². The lowest BCUT2D eigenvalue weighted by Crippen LogP contribution is -1.90. The first-order valence-corrected chi connectivity index (χ1v) is 2.40. The van der Waals surface area contributed by atoms with Crippen molar-refractivity contribution in [2.75, 3.05) is 0 Å². The van der Waals surface area contributed by atoms with E-state index in [4.69, 9.17) is 5.11 Å². The van der Waals surface area contributed by atoms with Crippen LogP contribution in [0.15, 0.2) is 12.4 Å². The maximum Gasteiger partial charge on any atom is 0.308 e. The van der Waals surface area contributed by atoms with Gasteiger partial charge >= 0.3 is 6.08 Å². The van der Waals surface area contributed by atoms with Crippen molar-refractivity contribution in [3.63, 3.8) is 0 Å². The Labute approximate surface area is 51.2 Å². The highest BCUT2D eigenvalue weighted by atomic mass is 19.1. The third-order valence-electron chi connectivity index (χ3n) is 0.856. The van der Waals surface area contributed by atoms with Crippen LogP contribution in [0.25, 0.3) is 0 Å². The Kier molecular flexibility index (Phi) is 1.69. The summed E-state index contributed by atoms with van der Waals surface area (Å²) in [5, 5.41) is 8.43. The van der Waals surface area contributed by atoms with E-state index in [2.05, 4.69) is 9.97 Å². The van der Waals surface area contributed by atoms with Crippen molar-refractivity contribution in [2.45, 2.75) is 6.61 Å². The molecule has 0 aliphatic rings. The molecule has 0 aliphatic carbocycles. The van der Waals surface area contributed by atoms with Crippen LogP contribution in [-0.2, 0) is 6.61 Å². The van der Waals surface area contributed by atoms with E-state index < -0.39 is 6.08 Å². The van der Waals surface area contributed by atoms with Crippen molar-refractivity contribution in [3.8, 4) is 0 Å². The van der Waals surface area contributed by atoms with Crippen LogP contribution in [0.1, 0.15) is 5.56 Å². The number of aliphatic hydroxyl groups is 1. The molecule has 3 nitrogen and oxygen atoms in total. The number of nitrogens with zero attached hydrogens (tertiary/aromatic N) is 2. The molecule has 0 saturated heterocycles. The van der Waals surface area contributed by atoms with Gasteiger partial charge in [0.2, 0.25) is 0 Å². The normalized spacial score (nSPS) is 9.56. The maximum absolute atomic E-state index is 11.9. The summed E-state index contributed by atoms with van der Waals surface area (Å²) in [7, 11) is 0. The molecule has 0 bridgehead atoms. The van der Waals surface area contributed by atoms with Crippen LogP contribution in [0.4, 0.5) is 4.39 Å². The van der Waals surface area contributed by atoms with Gasteiger partial charge in [0, 0.05) is 18.0 Å². The second kappa shape index (κ2) is 2.50. The maximum atomic E-state index is 11.9. The Morgan fingerprint density at radius 3 is 2.44 bits per heavy atom. The summed E-state index contributed by atoms with van der Waals surface area (Å²) in [6.45, 7) is -0.153. The standard InChI is InChI=1S/C5H5FN2O/c6-5-7-1-4(3-9)2-8-5/h1-2,9H,3H2. The van der Waals surface area contributed by atoms with Gasteiger partial charge < -0.3 is 5.11 Å². The van der Waals surface area contributed by atoms with E-state index in [1.165, 1.54) is 12.4 Å². The Morgan fingerprint density at radius 2 is 2.00 bits per heavy atom. The molecule has 1 N–H and O–H groups in total. The van der Waals surface area contributed by atoms with Crippen molar-refractivity contribution in [1.29, 1.82) is 0 Å². The molecule has 1 rings (SSSR count). The van der Waals surface area contributed by atoms with Crippen molar-refractivity contribution >= 4 is 0 Å². The zero-order valence-corrected chi connectivity index (χ0v) is 4.58. The zero-order chi connectivity index (χ0) is 6.69. The number of hydrogen-bond acceptors (Lipinski definition) is 3. The number of rotatable bonds is 1. The molecule has 0 atom stereocenters.